The number of hydrogen-bond acceptors (Lipinski definition) is 3. The van der Waals surface area contributed by atoms with Gasteiger partial charge in [0.15, 0.2) is 9.84 Å². The zero-order valence-electron chi connectivity index (χ0n) is 11.2. The second-order valence-corrected chi connectivity index (χ2v) is 7.46. The van der Waals surface area contributed by atoms with E-state index in [0.29, 0.717) is 4.90 Å². The minimum Gasteiger partial charge on any atom is -0.297 e. The van der Waals surface area contributed by atoms with Gasteiger partial charge in [-0.3, -0.25) is 4.90 Å². The molecule has 0 atom stereocenters. The van der Waals surface area contributed by atoms with Crippen molar-refractivity contribution >= 4 is 9.84 Å². The second-order valence-electron chi connectivity index (χ2n) is 5.45. The van der Waals surface area contributed by atoms with E-state index in [0.717, 1.165) is 12.1 Å². The van der Waals surface area contributed by atoms with E-state index in [1.54, 1.807) is 18.2 Å². The minimum absolute atomic E-state index is 0.0705. The van der Waals surface area contributed by atoms with Crippen LogP contribution in [0, 0.1) is 0 Å². The summed E-state index contributed by atoms with van der Waals surface area (Å²) in [5, 5.41) is 0. The molecule has 0 bridgehead atoms. The number of hydrogen-bond donors (Lipinski definition) is 0. The highest BCUT2D eigenvalue weighted by molar-refractivity contribution is 7.90. The summed E-state index contributed by atoms with van der Waals surface area (Å²) in [6, 6.07) is 7.13. The van der Waals surface area contributed by atoms with Crippen molar-refractivity contribution in [2.75, 3.05) is 13.3 Å². The predicted octanol–water partition coefficient (Wildman–Crippen LogP) is 2.32. The summed E-state index contributed by atoms with van der Waals surface area (Å²) in [7, 11) is -1.08. The van der Waals surface area contributed by atoms with E-state index < -0.39 is 9.84 Å². The predicted molar refractivity (Wildman–Crippen MR) is 70.8 cm³/mol. The van der Waals surface area contributed by atoms with E-state index in [4.69, 9.17) is 0 Å². The van der Waals surface area contributed by atoms with Crippen molar-refractivity contribution in [2.24, 2.45) is 0 Å². The van der Waals surface area contributed by atoms with E-state index in [2.05, 4.69) is 25.7 Å². The number of sulfone groups is 1. The number of benzene rings is 1. The molecule has 1 aromatic rings. The Bertz CT molecular complexity index is 486. The van der Waals surface area contributed by atoms with Crippen molar-refractivity contribution in [2.45, 2.75) is 37.8 Å². The fourth-order valence-electron chi connectivity index (χ4n) is 1.39. The van der Waals surface area contributed by atoms with Crippen LogP contribution in [-0.4, -0.2) is 32.2 Å². The van der Waals surface area contributed by atoms with Gasteiger partial charge < -0.3 is 0 Å². The molecule has 0 fully saturated rings. The lowest BCUT2D eigenvalue weighted by Crippen LogP contribution is -2.37. The third kappa shape index (κ3) is 4.13. The van der Waals surface area contributed by atoms with Crippen LogP contribution in [0.2, 0.25) is 0 Å². The molecule has 0 amide bonds. The second kappa shape index (κ2) is 4.78. The van der Waals surface area contributed by atoms with Crippen molar-refractivity contribution in [3.63, 3.8) is 0 Å². The van der Waals surface area contributed by atoms with Gasteiger partial charge in [-0.15, -0.1) is 0 Å². The molecule has 96 valence electrons. The Kier molecular flexibility index (Phi) is 3.99. The third-order valence-corrected chi connectivity index (χ3v) is 4.00. The molecule has 0 spiro atoms. The average Bonchev–Trinajstić information content (AvgIpc) is 2.15. The van der Waals surface area contributed by atoms with Gasteiger partial charge in [-0.2, -0.15) is 0 Å². The average molecular weight is 255 g/mol. The van der Waals surface area contributed by atoms with Crippen LogP contribution >= 0.6 is 0 Å². The van der Waals surface area contributed by atoms with Crippen molar-refractivity contribution in [1.82, 2.24) is 4.90 Å². The molecule has 0 aromatic heterocycles. The number of rotatable bonds is 3. The Morgan fingerprint density at radius 1 is 1.24 bits per heavy atom. The van der Waals surface area contributed by atoms with Crippen molar-refractivity contribution in [1.29, 1.82) is 0 Å². The van der Waals surface area contributed by atoms with Crippen molar-refractivity contribution < 1.29 is 8.42 Å². The summed E-state index contributed by atoms with van der Waals surface area (Å²) < 4.78 is 22.9. The van der Waals surface area contributed by atoms with Crippen LogP contribution in [0.25, 0.3) is 0 Å². The van der Waals surface area contributed by atoms with Gasteiger partial charge in [-0.05, 0) is 45.5 Å². The molecule has 0 heterocycles. The normalized spacial score (nSPS) is 13.1. The van der Waals surface area contributed by atoms with E-state index >= 15 is 0 Å². The summed E-state index contributed by atoms with van der Waals surface area (Å²) in [5.41, 5.74) is 1.09. The third-order valence-electron chi connectivity index (χ3n) is 2.89. The van der Waals surface area contributed by atoms with Crippen LogP contribution in [0.4, 0.5) is 0 Å². The molecule has 0 N–H and O–H groups in total. The van der Waals surface area contributed by atoms with Crippen LogP contribution < -0.4 is 0 Å². The van der Waals surface area contributed by atoms with Gasteiger partial charge >= 0.3 is 0 Å². The van der Waals surface area contributed by atoms with E-state index in [9.17, 15) is 8.42 Å². The Labute approximate surface area is 104 Å². The molecule has 4 heteroatoms. The molecule has 0 saturated heterocycles. The molecule has 0 unspecified atom stereocenters. The molecule has 0 saturated carbocycles. The highest BCUT2D eigenvalue weighted by Gasteiger charge is 2.17. The molecule has 0 aliphatic rings. The maximum absolute atomic E-state index is 11.5. The fraction of sp³-hybridized carbons (Fsp3) is 0.538. The summed E-state index contributed by atoms with van der Waals surface area (Å²) in [6.45, 7) is 7.14. The Balaban J connectivity index is 2.95. The first-order valence-electron chi connectivity index (χ1n) is 5.61. The molecular formula is C13H21NO2S. The molecule has 0 radical (unpaired) electrons. The summed E-state index contributed by atoms with van der Waals surface area (Å²) in [4.78, 5) is 2.58. The lowest BCUT2D eigenvalue weighted by Gasteiger charge is -2.32. The van der Waals surface area contributed by atoms with Gasteiger partial charge in [0, 0.05) is 18.3 Å². The maximum atomic E-state index is 11.5. The fourth-order valence-corrected chi connectivity index (χ4v) is 2.08. The van der Waals surface area contributed by atoms with Gasteiger partial charge in [-0.25, -0.2) is 8.42 Å². The van der Waals surface area contributed by atoms with E-state index in [-0.39, 0.29) is 5.54 Å². The van der Waals surface area contributed by atoms with Gasteiger partial charge in [0.1, 0.15) is 0 Å². The Hall–Kier alpha value is -0.870. The zero-order valence-corrected chi connectivity index (χ0v) is 12.0. The molecule has 3 nitrogen and oxygen atoms in total. The number of nitrogens with zero attached hydrogens (tertiary/aromatic N) is 1. The topological polar surface area (TPSA) is 37.4 Å². The van der Waals surface area contributed by atoms with Crippen LogP contribution in [0.3, 0.4) is 0 Å². The smallest absolute Gasteiger partial charge is 0.175 e. The van der Waals surface area contributed by atoms with E-state index in [1.165, 1.54) is 6.26 Å². The summed E-state index contributed by atoms with van der Waals surface area (Å²) >= 11 is 0. The molecule has 1 rings (SSSR count). The maximum Gasteiger partial charge on any atom is 0.175 e. The van der Waals surface area contributed by atoms with Gasteiger partial charge in [0.25, 0.3) is 0 Å². The summed E-state index contributed by atoms with van der Waals surface area (Å²) in [6.07, 6.45) is 1.24. The van der Waals surface area contributed by atoms with Gasteiger partial charge in [0.05, 0.1) is 4.90 Å². The highest BCUT2D eigenvalue weighted by Crippen LogP contribution is 2.17. The molecule has 0 aliphatic heterocycles. The lowest BCUT2D eigenvalue weighted by atomic mass is 10.1. The van der Waals surface area contributed by atoms with Crippen molar-refractivity contribution in [3.05, 3.63) is 29.8 Å². The quantitative estimate of drug-likeness (QED) is 0.832. The first-order valence-corrected chi connectivity index (χ1v) is 7.50. The van der Waals surface area contributed by atoms with Crippen LogP contribution in [0.15, 0.2) is 29.2 Å². The molecule has 17 heavy (non-hydrogen) atoms. The summed E-state index contributed by atoms with van der Waals surface area (Å²) in [5.74, 6) is 0. The van der Waals surface area contributed by atoms with Gasteiger partial charge in [-0.1, -0.05) is 12.1 Å². The van der Waals surface area contributed by atoms with Crippen molar-refractivity contribution in [3.8, 4) is 0 Å². The lowest BCUT2D eigenvalue weighted by molar-refractivity contribution is 0.167. The van der Waals surface area contributed by atoms with Crippen LogP contribution in [0.1, 0.15) is 26.3 Å². The standard InChI is InChI=1S/C13H21NO2S/c1-13(2,3)14(4)10-11-7-6-8-12(9-11)17(5,15)16/h6-9H,10H2,1-5H3. The monoisotopic (exact) mass is 255 g/mol. The van der Waals surface area contributed by atoms with Gasteiger partial charge in [0.2, 0.25) is 0 Å². The first-order chi connectivity index (χ1) is 7.60. The Morgan fingerprint density at radius 2 is 1.82 bits per heavy atom. The molecule has 0 aliphatic carbocycles. The van der Waals surface area contributed by atoms with Crippen LogP contribution in [0.5, 0.6) is 0 Å². The highest BCUT2D eigenvalue weighted by atomic mass is 32.2. The first kappa shape index (κ1) is 14.2. The molecule has 1 aromatic carbocycles. The largest absolute Gasteiger partial charge is 0.297 e. The zero-order chi connectivity index (χ0) is 13.3. The SMILES string of the molecule is CN(Cc1cccc(S(C)(=O)=O)c1)C(C)(C)C. The Morgan fingerprint density at radius 3 is 2.29 bits per heavy atom. The minimum atomic E-state index is -3.12. The van der Waals surface area contributed by atoms with E-state index in [1.807, 2.05) is 13.1 Å². The molecular weight excluding hydrogens is 234 g/mol. The van der Waals surface area contributed by atoms with Crippen LogP contribution in [-0.2, 0) is 16.4 Å².